The van der Waals surface area contributed by atoms with Crippen LogP contribution in [0, 0.1) is 6.92 Å². The van der Waals surface area contributed by atoms with Gasteiger partial charge in [0.15, 0.2) is 0 Å². The molecule has 0 saturated carbocycles. The number of rotatable bonds is 3. The van der Waals surface area contributed by atoms with Crippen molar-refractivity contribution in [3.8, 4) is 0 Å². The third-order valence-corrected chi connectivity index (χ3v) is 4.30. The van der Waals surface area contributed by atoms with E-state index in [4.69, 9.17) is 4.74 Å². The molecule has 0 radical (unpaired) electrons. The van der Waals surface area contributed by atoms with Crippen molar-refractivity contribution in [3.05, 3.63) is 23.8 Å². The molecule has 2 N–H and O–H groups in total. The Balaban J connectivity index is 1.93. The van der Waals surface area contributed by atoms with Gasteiger partial charge in [0.25, 0.3) is 0 Å². The zero-order valence-electron chi connectivity index (χ0n) is 17.3. The van der Waals surface area contributed by atoms with Gasteiger partial charge < -0.3 is 25.2 Å². The van der Waals surface area contributed by atoms with Crippen molar-refractivity contribution in [3.63, 3.8) is 0 Å². The van der Waals surface area contributed by atoms with Gasteiger partial charge in [0.2, 0.25) is 5.91 Å². The number of piperazine rings is 1. The lowest BCUT2D eigenvalue weighted by atomic mass is 10.1. The topological polar surface area (TPSA) is 91.0 Å². The van der Waals surface area contributed by atoms with Crippen LogP contribution in [-0.2, 0) is 9.53 Å². The number of ether oxygens (including phenoxy) is 1. The molecule has 1 aliphatic rings. The predicted molar refractivity (Wildman–Crippen MR) is 108 cm³/mol. The van der Waals surface area contributed by atoms with Crippen LogP contribution in [0.4, 0.5) is 21.0 Å². The number of nitrogens with one attached hydrogen (secondary N) is 2. The van der Waals surface area contributed by atoms with E-state index in [1.54, 1.807) is 28.9 Å². The molecule has 1 saturated heterocycles. The van der Waals surface area contributed by atoms with Crippen molar-refractivity contribution >= 4 is 29.4 Å². The fourth-order valence-corrected chi connectivity index (χ4v) is 2.70. The van der Waals surface area contributed by atoms with Crippen molar-refractivity contribution in [2.45, 2.75) is 46.6 Å². The second-order valence-corrected chi connectivity index (χ2v) is 7.82. The lowest BCUT2D eigenvalue weighted by Gasteiger charge is -2.35. The van der Waals surface area contributed by atoms with E-state index in [-0.39, 0.29) is 18.0 Å². The molecule has 2 rings (SSSR count). The number of carbonyl (C=O) groups excluding carboxylic acids is 3. The second-order valence-electron chi connectivity index (χ2n) is 7.82. The third-order valence-electron chi connectivity index (χ3n) is 4.30. The number of amides is 4. The summed E-state index contributed by atoms with van der Waals surface area (Å²) in [4.78, 5) is 39.6. The van der Waals surface area contributed by atoms with Gasteiger partial charge in [-0.25, -0.2) is 9.59 Å². The van der Waals surface area contributed by atoms with Crippen LogP contribution in [0.2, 0.25) is 0 Å². The maximum absolute atomic E-state index is 12.6. The van der Waals surface area contributed by atoms with Crippen molar-refractivity contribution in [1.82, 2.24) is 9.80 Å². The quantitative estimate of drug-likeness (QED) is 0.827. The number of hydrogen-bond donors (Lipinski definition) is 2. The minimum atomic E-state index is -0.540. The highest BCUT2D eigenvalue weighted by atomic mass is 16.6. The molecule has 1 aromatic carbocycles. The summed E-state index contributed by atoms with van der Waals surface area (Å²) in [5, 5.41) is 5.68. The molecule has 0 aliphatic carbocycles. The average Bonchev–Trinajstić information content (AvgIpc) is 2.63. The van der Waals surface area contributed by atoms with Crippen LogP contribution in [0.3, 0.4) is 0 Å². The maximum atomic E-state index is 12.6. The Kier molecular flexibility index (Phi) is 6.88. The summed E-state index contributed by atoms with van der Waals surface area (Å²) in [6, 6.07) is 5.17. The van der Waals surface area contributed by atoms with E-state index in [2.05, 4.69) is 10.6 Å². The molecular formula is C20H30N4O4. The Morgan fingerprint density at radius 1 is 1.04 bits per heavy atom. The summed E-state index contributed by atoms with van der Waals surface area (Å²) in [5.74, 6) is -0.0839. The minimum Gasteiger partial charge on any atom is -0.444 e. The molecular weight excluding hydrogens is 360 g/mol. The van der Waals surface area contributed by atoms with Gasteiger partial charge >= 0.3 is 12.1 Å². The highest BCUT2D eigenvalue weighted by molar-refractivity contribution is 5.94. The van der Waals surface area contributed by atoms with Gasteiger partial charge in [0.1, 0.15) is 5.60 Å². The van der Waals surface area contributed by atoms with Crippen LogP contribution in [-0.4, -0.2) is 59.6 Å². The highest BCUT2D eigenvalue weighted by Gasteiger charge is 2.27. The number of benzene rings is 1. The van der Waals surface area contributed by atoms with Crippen LogP contribution in [0.5, 0.6) is 0 Å². The fraction of sp³-hybridized carbons (Fsp3) is 0.550. The molecule has 0 bridgehead atoms. The molecule has 8 heteroatoms. The van der Waals surface area contributed by atoms with E-state index in [1.165, 1.54) is 0 Å². The number of carbonyl (C=O) groups is 3. The minimum absolute atomic E-state index is 0.0839. The molecule has 8 nitrogen and oxygen atoms in total. The Hall–Kier alpha value is -2.77. The van der Waals surface area contributed by atoms with Gasteiger partial charge in [-0.1, -0.05) is 13.0 Å². The zero-order chi connectivity index (χ0) is 20.9. The first-order valence-electron chi connectivity index (χ1n) is 9.53. The molecule has 1 aliphatic heterocycles. The van der Waals surface area contributed by atoms with Crippen LogP contribution in [0.15, 0.2) is 18.2 Å². The normalized spacial score (nSPS) is 14.5. The monoisotopic (exact) mass is 390 g/mol. The van der Waals surface area contributed by atoms with Gasteiger partial charge in [0, 0.05) is 44.0 Å². The predicted octanol–water partition coefficient (Wildman–Crippen LogP) is 3.43. The Morgan fingerprint density at radius 3 is 2.21 bits per heavy atom. The molecule has 1 fully saturated rings. The molecule has 0 unspecified atom stereocenters. The van der Waals surface area contributed by atoms with Crippen molar-refractivity contribution in [2.75, 3.05) is 36.8 Å². The molecule has 0 spiro atoms. The highest BCUT2D eigenvalue weighted by Crippen LogP contribution is 2.21. The molecule has 0 aromatic heterocycles. The van der Waals surface area contributed by atoms with Crippen LogP contribution in [0.25, 0.3) is 0 Å². The third kappa shape index (κ3) is 6.14. The summed E-state index contributed by atoms with van der Waals surface area (Å²) in [5.41, 5.74) is 1.65. The number of hydrogen-bond acceptors (Lipinski definition) is 4. The van der Waals surface area contributed by atoms with E-state index in [0.717, 1.165) is 5.56 Å². The van der Waals surface area contributed by atoms with Crippen LogP contribution >= 0.6 is 0 Å². The standard InChI is InChI=1S/C20H30N4O4/c1-6-17(25)21-15-8-7-14(2)16(13-15)22-18(26)23-9-11-24(12-10-23)19(27)28-20(3,4)5/h7-8,13H,6,9-12H2,1-5H3,(H,21,25)(H,22,26). The van der Waals surface area contributed by atoms with E-state index < -0.39 is 5.60 Å². The van der Waals surface area contributed by atoms with Gasteiger partial charge in [-0.3, -0.25) is 4.79 Å². The first kappa shape index (κ1) is 21.5. The summed E-state index contributed by atoms with van der Waals surface area (Å²) in [6.07, 6.45) is 0.0279. The Bertz CT molecular complexity index is 734. The summed E-state index contributed by atoms with van der Waals surface area (Å²) < 4.78 is 5.37. The number of urea groups is 1. The van der Waals surface area contributed by atoms with Gasteiger partial charge in [-0.2, -0.15) is 0 Å². The summed E-state index contributed by atoms with van der Waals surface area (Å²) >= 11 is 0. The Morgan fingerprint density at radius 2 is 1.64 bits per heavy atom. The molecule has 1 heterocycles. The Labute approximate surface area is 166 Å². The molecule has 0 atom stereocenters. The summed E-state index contributed by atoms with van der Waals surface area (Å²) in [6.45, 7) is 10.9. The van der Waals surface area contributed by atoms with Gasteiger partial charge in [-0.05, 0) is 45.4 Å². The number of anilines is 2. The van der Waals surface area contributed by atoms with Crippen molar-refractivity contribution < 1.29 is 19.1 Å². The lowest BCUT2D eigenvalue weighted by Crippen LogP contribution is -2.52. The molecule has 1 aromatic rings. The SMILES string of the molecule is CCC(=O)Nc1ccc(C)c(NC(=O)N2CCN(C(=O)OC(C)(C)C)CC2)c1. The van der Waals surface area contributed by atoms with Crippen LogP contribution < -0.4 is 10.6 Å². The number of aryl methyl sites for hydroxylation is 1. The largest absolute Gasteiger partial charge is 0.444 e. The fourth-order valence-electron chi connectivity index (χ4n) is 2.70. The molecule has 154 valence electrons. The van der Waals surface area contributed by atoms with E-state index >= 15 is 0 Å². The molecule has 28 heavy (non-hydrogen) atoms. The smallest absolute Gasteiger partial charge is 0.410 e. The average molecular weight is 390 g/mol. The van der Waals surface area contributed by atoms with E-state index in [1.807, 2.05) is 33.8 Å². The number of nitrogens with zero attached hydrogens (tertiary/aromatic N) is 2. The molecule has 4 amide bonds. The van der Waals surface area contributed by atoms with Crippen molar-refractivity contribution in [1.29, 1.82) is 0 Å². The first-order valence-corrected chi connectivity index (χ1v) is 9.53. The van der Waals surface area contributed by atoms with E-state index in [0.29, 0.717) is 44.0 Å². The van der Waals surface area contributed by atoms with Gasteiger partial charge in [-0.15, -0.1) is 0 Å². The van der Waals surface area contributed by atoms with E-state index in [9.17, 15) is 14.4 Å². The second kappa shape index (κ2) is 8.95. The van der Waals surface area contributed by atoms with Crippen LogP contribution in [0.1, 0.15) is 39.7 Å². The van der Waals surface area contributed by atoms with Crippen molar-refractivity contribution in [2.24, 2.45) is 0 Å². The first-order chi connectivity index (χ1) is 13.1. The summed E-state index contributed by atoms with van der Waals surface area (Å²) in [7, 11) is 0. The van der Waals surface area contributed by atoms with Gasteiger partial charge in [0.05, 0.1) is 0 Å². The zero-order valence-corrected chi connectivity index (χ0v) is 17.3. The lowest BCUT2D eigenvalue weighted by molar-refractivity contribution is -0.115. The maximum Gasteiger partial charge on any atom is 0.410 e.